The number of non-ortho nitro benzene ring substituents is 1. The third kappa shape index (κ3) is 7.08. The predicted molar refractivity (Wildman–Crippen MR) is 132 cm³/mol. The lowest BCUT2D eigenvalue weighted by atomic mass is 10.1. The molecule has 3 aromatic rings. The van der Waals surface area contributed by atoms with Crippen molar-refractivity contribution in [2.24, 2.45) is 0 Å². The molecule has 8 nitrogen and oxygen atoms in total. The third-order valence-corrected chi connectivity index (χ3v) is 4.65. The van der Waals surface area contributed by atoms with Crippen molar-refractivity contribution in [1.29, 1.82) is 0 Å². The normalized spacial score (nSPS) is 10.5. The highest BCUT2D eigenvalue weighted by molar-refractivity contribution is 7.80. The zero-order valence-corrected chi connectivity index (χ0v) is 18.4. The van der Waals surface area contributed by atoms with Crippen LogP contribution in [0, 0.1) is 17.0 Å². The van der Waals surface area contributed by atoms with Crippen LogP contribution in [0.15, 0.2) is 78.9 Å². The fourth-order valence-corrected chi connectivity index (χ4v) is 3.04. The van der Waals surface area contributed by atoms with Crippen molar-refractivity contribution in [3.63, 3.8) is 0 Å². The Morgan fingerprint density at radius 3 is 2.18 bits per heavy atom. The Morgan fingerprint density at radius 2 is 1.58 bits per heavy atom. The topological polar surface area (TPSA) is 113 Å². The molecule has 0 heterocycles. The maximum absolute atomic E-state index is 12.3. The summed E-state index contributed by atoms with van der Waals surface area (Å²) in [6, 6.07) is 20.0. The monoisotopic (exact) mass is 460 g/mol. The van der Waals surface area contributed by atoms with Gasteiger partial charge in [-0.05, 0) is 79.3 Å². The molecule has 2 amide bonds. The van der Waals surface area contributed by atoms with Crippen molar-refractivity contribution in [3.8, 4) is 0 Å². The summed E-state index contributed by atoms with van der Waals surface area (Å²) in [7, 11) is 0. The third-order valence-electron chi connectivity index (χ3n) is 4.45. The molecule has 33 heavy (non-hydrogen) atoms. The molecule has 0 bridgehead atoms. The summed E-state index contributed by atoms with van der Waals surface area (Å²) in [5.74, 6) is -0.658. The van der Waals surface area contributed by atoms with E-state index < -0.39 is 10.8 Å². The van der Waals surface area contributed by atoms with E-state index in [4.69, 9.17) is 12.2 Å². The molecule has 3 rings (SSSR count). The number of nitrogens with one attached hydrogen (secondary N) is 3. The Kier molecular flexibility index (Phi) is 7.61. The molecule has 9 heteroatoms. The largest absolute Gasteiger partial charge is 0.332 e. The van der Waals surface area contributed by atoms with Crippen LogP contribution in [0.4, 0.5) is 17.1 Å². The van der Waals surface area contributed by atoms with Crippen LogP contribution in [0.3, 0.4) is 0 Å². The fourth-order valence-electron chi connectivity index (χ4n) is 2.82. The van der Waals surface area contributed by atoms with E-state index in [1.165, 1.54) is 36.4 Å². The van der Waals surface area contributed by atoms with Crippen molar-refractivity contribution in [3.05, 3.63) is 106 Å². The summed E-state index contributed by atoms with van der Waals surface area (Å²) in [6.07, 6.45) is 2.80. The zero-order chi connectivity index (χ0) is 23.8. The molecule has 0 spiro atoms. The number of anilines is 2. The smallest absolute Gasteiger partial charge is 0.269 e. The van der Waals surface area contributed by atoms with Gasteiger partial charge in [0.15, 0.2) is 5.11 Å². The van der Waals surface area contributed by atoms with Gasteiger partial charge in [0, 0.05) is 35.1 Å². The molecule has 0 saturated carbocycles. The number of nitro groups is 1. The van der Waals surface area contributed by atoms with E-state index >= 15 is 0 Å². The van der Waals surface area contributed by atoms with Crippen molar-refractivity contribution >= 4 is 52.3 Å². The van der Waals surface area contributed by atoms with Gasteiger partial charge in [0.1, 0.15) is 0 Å². The number of aryl methyl sites for hydroxylation is 1. The van der Waals surface area contributed by atoms with E-state index in [1.54, 1.807) is 30.3 Å². The average Bonchev–Trinajstić information content (AvgIpc) is 2.79. The summed E-state index contributed by atoms with van der Waals surface area (Å²) in [6.45, 7) is 1.92. The summed E-state index contributed by atoms with van der Waals surface area (Å²) in [4.78, 5) is 34.6. The molecule has 0 radical (unpaired) electrons. The summed E-state index contributed by atoms with van der Waals surface area (Å²) in [5.41, 5.74) is 3.44. The molecule has 0 saturated heterocycles. The van der Waals surface area contributed by atoms with E-state index in [-0.39, 0.29) is 16.7 Å². The van der Waals surface area contributed by atoms with E-state index in [0.717, 1.165) is 5.56 Å². The van der Waals surface area contributed by atoms with Crippen LogP contribution in [0.2, 0.25) is 0 Å². The van der Waals surface area contributed by atoms with Crippen LogP contribution < -0.4 is 16.0 Å². The number of nitrogens with zero attached hydrogens (tertiary/aromatic N) is 1. The van der Waals surface area contributed by atoms with E-state index in [1.807, 2.05) is 25.1 Å². The van der Waals surface area contributed by atoms with Crippen LogP contribution in [-0.4, -0.2) is 21.9 Å². The predicted octanol–water partition coefficient (Wildman–Crippen LogP) is 4.68. The average molecular weight is 461 g/mol. The molecule has 0 unspecified atom stereocenters. The fraction of sp³-hybridized carbons (Fsp3) is 0.0417. The van der Waals surface area contributed by atoms with E-state index in [9.17, 15) is 19.7 Å². The molecule has 166 valence electrons. The summed E-state index contributed by atoms with van der Waals surface area (Å²) < 4.78 is 0. The Morgan fingerprint density at radius 1 is 0.939 bits per heavy atom. The number of hydrogen-bond acceptors (Lipinski definition) is 5. The number of carbonyl (C=O) groups excluding carboxylic acids is 2. The van der Waals surface area contributed by atoms with Crippen LogP contribution >= 0.6 is 12.2 Å². The van der Waals surface area contributed by atoms with Gasteiger partial charge < -0.3 is 10.6 Å². The quantitative estimate of drug-likeness (QED) is 0.213. The standard InChI is InChI=1S/C24H20N4O4S/c1-16-3-2-4-18(15-16)23(30)25-19-8-10-20(11-9-19)26-24(33)27-22(29)14-7-17-5-12-21(13-6-17)28(31)32/h2-15H,1H3,(H,25,30)(H2,26,27,29,33)/b14-7+. The number of thiocarbonyl (C=S) groups is 1. The van der Waals surface area contributed by atoms with Crippen molar-refractivity contribution < 1.29 is 14.5 Å². The Bertz CT molecular complexity index is 1220. The van der Waals surface area contributed by atoms with Gasteiger partial charge in [0.25, 0.3) is 11.6 Å². The van der Waals surface area contributed by atoms with Gasteiger partial charge in [-0.3, -0.25) is 25.0 Å². The Hall–Kier alpha value is -4.37. The Labute approximate surface area is 195 Å². The zero-order valence-electron chi connectivity index (χ0n) is 17.6. The first-order chi connectivity index (χ1) is 15.8. The van der Waals surface area contributed by atoms with Crippen LogP contribution in [-0.2, 0) is 4.79 Å². The van der Waals surface area contributed by atoms with E-state index in [2.05, 4.69) is 16.0 Å². The van der Waals surface area contributed by atoms with Gasteiger partial charge in [0.2, 0.25) is 5.91 Å². The first-order valence-corrected chi connectivity index (χ1v) is 10.2. The molecular weight excluding hydrogens is 440 g/mol. The second-order valence-electron chi connectivity index (χ2n) is 7.03. The molecule has 0 fully saturated rings. The first-order valence-electron chi connectivity index (χ1n) is 9.83. The van der Waals surface area contributed by atoms with E-state index in [0.29, 0.717) is 22.5 Å². The highest BCUT2D eigenvalue weighted by atomic mass is 32.1. The molecule has 0 aliphatic carbocycles. The van der Waals surface area contributed by atoms with Crippen LogP contribution in [0.5, 0.6) is 0 Å². The second-order valence-corrected chi connectivity index (χ2v) is 7.43. The number of carbonyl (C=O) groups is 2. The molecule has 0 atom stereocenters. The minimum Gasteiger partial charge on any atom is -0.332 e. The van der Waals surface area contributed by atoms with Crippen molar-refractivity contribution in [2.45, 2.75) is 6.92 Å². The lowest BCUT2D eigenvalue weighted by Gasteiger charge is -2.10. The van der Waals surface area contributed by atoms with Gasteiger partial charge >= 0.3 is 0 Å². The number of benzene rings is 3. The lowest BCUT2D eigenvalue weighted by Crippen LogP contribution is -2.32. The van der Waals surface area contributed by atoms with Gasteiger partial charge in [-0.1, -0.05) is 17.7 Å². The Balaban J connectivity index is 1.50. The van der Waals surface area contributed by atoms with Gasteiger partial charge in [-0.15, -0.1) is 0 Å². The van der Waals surface area contributed by atoms with Crippen molar-refractivity contribution in [2.75, 3.05) is 10.6 Å². The number of rotatable bonds is 6. The van der Waals surface area contributed by atoms with Gasteiger partial charge in [-0.25, -0.2) is 0 Å². The van der Waals surface area contributed by atoms with Crippen molar-refractivity contribution in [1.82, 2.24) is 5.32 Å². The molecule has 3 N–H and O–H groups in total. The maximum atomic E-state index is 12.3. The molecule has 3 aromatic carbocycles. The highest BCUT2D eigenvalue weighted by Crippen LogP contribution is 2.15. The summed E-state index contributed by atoms with van der Waals surface area (Å²) in [5, 5.41) is 19.0. The number of amides is 2. The molecular formula is C24H20N4O4S. The minimum atomic E-state index is -0.491. The lowest BCUT2D eigenvalue weighted by molar-refractivity contribution is -0.384. The van der Waals surface area contributed by atoms with Crippen LogP contribution in [0.25, 0.3) is 6.08 Å². The summed E-state index contributed by atoms with van der Waals surface area (Å²) >= 11 is 5.15. The molecule has 0 aliphatic rings. The minimum absolute atomic E-state index is 0.0253. The number of nitro benzene ring substituents is 1. The number of hydrogen-bond donors (Lipinski definition) is 3. The highest BCUT2D eigenvalue weighted by Gasteiger charge is 2.07. The second kappa shape index (κ2) is 10.8. The molecule has 0 aliphatic heterocycles. The van der Waals surface area contributed by atoms with Crippen LogP contribution in [0.1, 0.15) is 21.5 Å². The van der Waals surface area contributed by atoms with Gasteiger partial charge in [0.05, 0.1) is 4.92 Å². The SMILES string of the molecule is Cc1cccc(C(=O)Nc2ccc(NC(=S)NC(=O)/C=C/c3ccc([N+](=O)[O-])cc3)cc2)c1. The molecule has 0 aromatic heterocycles. The first kappa shape index (κ1) is 23.3. The maximum Gasteiger partial charge on any atom is 0.269 e. The van der Waals surface area contributed by atoms with Gasteiger partial charge in [-0.2, -0.15) is 0 Å².